The number of amides is 1. The molecular weight excluding hydrogens is 392 g/mol. The number of nitrogens with zero attached hydrogens (tertiary/aromatic N) is 2. The molecule has 2 aromatic carbocycles. The number of benzene rings is 2. The lowest BCUT2D eigenvalue weighted by atomic mass is 10.1. The molecule has 26 heavy (non-hydrogen) atoms. The van der Waals surface area contributed by atoms with E-state index in [1.165, 1.54) is 0 Å². The van der Waals surface area contributed by atoms with Crippen LogP contribution in [0.3, 0.4) is 0 Å². The van der Waals surface area contributed by atoms with Gasteiger partial charge in [-0.1, -0.05) is 28.1 Å². The topological polar surface area (TPSA) is 68.2 Å². The maximum absolute atomic E-state index is 12.4. The van der Waals surface area contributed by atoms with Crippen LogP contribution in [-0.2, 0) is 4.79 Å². The van der Waals surface area contributed by atoms with Gasteiger partial charge in [-0.2, -0.15) is 5.26 Å². The molecule has 134 valence electrons. The molecule has 0 spiro atoms. The van der Waals surface area contributed by atoms with Crippen molar-refractivity contribution in [3.05, 3.63) is 58.1 Å². The number of nitrogens with one attached hydrogen (secondary N) is 2. The molecule has 1 fully saturated rings. The molecule has 3 rings (SSSR count). The van der Waals surface area contributed by atoms with Gasteiger partial charge < -0.3 is 15.5 Å². The quantitative estimate of drug-likeness (QED) is 0.806. The van der Waals surface area contributed by atoms with Crippen molar-refractivity contribution >= 4 is 33.2 Å². The first-order valence-electron chi connectivity index (χ1n) is 8.60. The summed E-state index contributed by atoms with van der Waals surface area (Å²) >= 11 is 3.46. The van der Waals surface area contributed by atoms with Crippen LogP contribution in [-0.4, -0.2) is 31.6 Å². The molecule has 1 aliphatic heterocycles. The maximum Gasteiger partial charge on any atom is 0.226 e. The zero-order valence-corrected chi connectivity index (χ0v) is 16.2. The van der Waals surface area contributed by atoms with Crippen molar-refractivity contribution in [1.82, 2.24) is 5.32 Å². The van der Waals surface area contributed by atoms with Gasteiger partial charge in [-0.05, 0) is 42.8 Å². The molecule has 1 amide bonds. The lowest BCUT2D eigenvalue weighted by molar-refractivity contribution is -0.116. The van der Waals surface area contributed by atoms with Crippen molar-refractivity contribution in [3.8, 4) is 6.07 Å². The third-order valence-electron chi connectivity index (χ3n) is 4.49. The minimum Gasteiger partial charge on any atom is -0.368 e. The highest BCUT2D eigenvalue weighted by Crippen LogP contribution is 2.22. The number of anilines is 2. The third-order valence-corrected chi connectivity index (χ3v) is 5.38. The van der Waals surface area contributed by atoms with Crippen LogP contribution in [0, 0.1) is 18.3 Å². The van der Waals surface area contributed by atoms with Crippen LogP contribution in [0.5, 0.6) is 0 Å². The Labute approximate surface area is 162 Å². The summed E-state index contributed by atoms with van der Waals surface area (Å²) in [7, 11) is 0. The first kappa shape index (κ1) is 18.4. The summed E-state index contributed by atoms with van der Waals surface area (Å²) < 4.78 is 1.02. The van der Waals surface area contributed by atoms with Crippen LogP contribution in [0.2, 0.25) is 0 Å². The molecule has 1 atom stereocenters. The Balaban J connectivity index is 1.62. The molecule has 0 saturated carbocycles. The van der Waals surface area contributed by atoms with Crippen molar-refractivity contribution in [2.45, 2.75) is 19.4 Å². The first-order valence-corrected chi connectivity index (χ1v) is 9.39. The number of carbonyl (C=O) groups excluding carboxylic acids is 1. The van der Waals surface area contributed by atoms with E-state index in [0.29, 0.717) is 18.5 Å². The van der Waals surface area contributed by atoms with E-state index >= 15 is 0 Å². The number of aryl methyl sites for hydroxylation is 1. The molecule has 0 bridgehead atoms. The van der Waals surface area contributed by atoms with E-state index in [1.54, 1.807) is 0 Å². The monoisotopic (exact) mass is 412 g/mol. The minimum atomic E-state index is -0.0142. The van der Waals surface area contributed by atoms with E-state index < -0.39 is 0 Å². The number of para-hydroxylation sites is 1. The highest BCUT2D eigenvalue weighted by molar-refractivity contribution is 9.10. The molecule has 6 heteroatoms. The second-order valence-corrected chi connectivity index (χ2v) is 7.30. The molecule has 2 N–H and O–H groups in total. The van der Waals surface area contributed by atoms with E-state index in [-0.39, 0.29) is 11.9 Å². The summed E-state index contributed by atoms with van der Waals surface area (Å²) in [5.74, 6) is -0.0142. The highest BCUT2D eigenvalue weighted by Gasteiger charge is 2.23. The largest absolute Gasteiger partial charge is 0.368 e. The minimum absolute atomic E-state index is 0.0142. The molecule has 2 aromatic rings. The Morgan fingerprint density at radius 1 is 1.38 bits per heavy atom. The Morgan fingerprint density at radius 3 is 2.96 bits per heavy atom. The van der Waals surface area contributed by atoms with E-state index in [0.717, 1.165) is 34.5 Å². The molecule has 0 radical (unpaired) electrons. The Hall–Kier alpha value is -2.36. The number of carbonyl (C=O) groups is 1. The van der Waals surface area contributed by atoms with Crippen LogP contribution in [0.25, 0.3) is 0 Å². The summed E-state index contributed by atoms with van der Waals surface area (Å²) in [6.45, 7) is 4.30. The van der Waals surface area contributed by atoms with Gasteiger partial charge in [0.1, 0.15) is 6.07 Å². The number of piperazine rings is 1. The number of rotatable bonds is 4. The smallest absolute Gasteiger partial charge is 0.226 e. The van der Waals surface area contributed by atoms with Crippen molar-refractivity contribution in [2.75, 3.05) is 29.9 Å². The van der Waals surface area contributed by atoms with Gasteiger partial charge in [-0.15, -0.1) is 0 Å². The summed E-state index contributed by atoms with van der Waals surface area (Å²) in [6, 6.07) is 15.7. The molecule has 5 nitrogen and oxygen atoms in total. The normalized spacial score (nSPS) is 16.8. The molecule has 1 heterocycles. The molecule has 1 aliphatic rings. The molecule has 1 unspecified atom stereocenters. The fraction of sp³-hybridized carbons (Fsp3) is 0.300. The van der Waals surface area contributed by atoms with Gasteiger partial charge in [0, 0.05) is 42.3 Å². The van der Waals surface area contributed by atoms with Crippen molar-refractivity contribution in [2.24, 2.45) is 0 Å². The number of nitriles is 1. The summed E-state index contributed by atoms with van der Waals surface area (Å²) in [5, 5.41) is 15.7. The zero-order valence-electron chi connectivity index (χ0n) is 14.6. The number of halogens is 1. The predicted molar refractivity (Wildman–Crippen MR) is 107 cm³/mol. The summed E-state index contributed by atoms with van der Waals surface area (Å²) in [5.41, 5.74) is 3.49. The van der Waals surface area contributed by atoms with Crippen LogP contribution in [0.4, 0.5) is 11.4 Å². The highest BCUT2D eigenvalue weighted by atomic mass is 79.9. The van der Waals surface area contributed by atoms with Crippen molar-refractivity contribution in [1.29, 1.82) is 5.26 Å². The Bertz CT molecular complexity index is 846. The molecule has 0 aliphatic carbocycles. The number of hydrogen-bond acceptors (Lipinski definition) is 4. The first-order chi connectivity index (χ1) is 12.6. The number of hydrogen-bond donors (Lipinski definition) is 2. The Morgan fingerprint density at radius 2 is 2.19 bits per heavy atom. The molecular formula is C20H21BrN4O. The van der Waals surface area contributed by atoms with E-state index in [1.807, 2.05) is 49.4 Å². The standard InChI is InChI=1S/C20H21BrN4O/c1-14-10-16(6-7-18(14)21)24-20(26)11-17-13-25(9-8-23-17)19-5-3-2-4-15(19)12-22/h2-7,10,17,23H,8-9,11,13H2,1H3,(H,24,26). The van der Waals surface area contributed by atoms with Crippen molar-refractivity contribution in [3.63, 3.8) is 0 Å². The van der Waals surface area contributed by atoms with Gasteiger partial charge >= 0.3 is 0 Å². The van der Waals surface area contributed by atoms with Crippen LogP contribution in [0.15, 0.2) is 46.9 Å². The van der Waals surface area contributed by atoms with Gasteiger partial charge in [0.2, 0.25) is 5.91 Å². The SMILES string of the molecule is Cc1cc(NC(=O)CC2CN(c3ccccc3C#N)CCN2)ccc1Br. The van der Waals surface area contributed by atoms with E-state index in [9.17, 15) is 10.1 Å². The fourth-order valence-electron chi connectivity index (χ4n) is 3.18. The second kappa shape index (κ2) is 8.35. The van der Waals surface area contributed by atoms with Gasteiger partial charge in [-0.3, -0.25) is 4.79 Å². The van der Waals surface area contributed by atoms with E-state index in [4.69, 9.17) is 0 Å². The second-order valence-electron chi connectivity index (χ2n) is 6.44. The van der Waals surface area contributed by atoms with Gasteiger partial charge in [-0.25, -0.2) is 0 Å². The van der Waals surface area contributed by atoms with Crippen molar-refractivity contribution < 1.29 is 4.79 Å². The predicted octanol–water partition coefficient (Wildman–Crippen LogP) is 3.44. The van der Waals surface area contributed by atoms with E-state index in [2.05, 4.69) is 37.5 Å². The van der Waals surface area contributed by atoms with Gasteiger partial charge in [0.15, 0.2) is 0 Å². The lowest BCUT2D eigenvalue weighted by Gasteiger charge is -2.35. The third kappa shape index (κ3) is 4.43. The Kier molecular flexibility index (Phi) is 5.92. The molecule has 0 aromatic heterocycles. The fourth-order valence-corrected chi connectivity index (χ4v) is 3.43. The molecule has 1 saturated heterocycles. The van der Waals surface area contributed by atoms with Crippen LogP contribution >= 0.6 is 15.9 Å². The maximum atomic E-state index is 12.4. The lowest BCUT2D eigenvalue weighted by Crippen LogP contribution is -2.52. The average Bonchev–Trinajstić information content (AvgIpc) is 2.65. The average molecular weight is 413 g/mol. The summed E-state index contributed by atoms with van der Waals surface area (Å²) in [4.78, 5) is 14.6. The summed E-state index contributed by atoms with van der Waals surface area (Å²) in [6.07, 6.45) is 0.389. The van der Waals surface area contributed by atoms with Gasteiger partial charge in [0.05, 0.1) is 11.3 Å². The zero-order chi connectivity index (χ0) is 18.5. The van der Waals surface area contributed by atoms with Gasteiger partial charge in [0.25, 0.3) is 0 Å². The van der Waals surface area contributed by atoms with Crippen LogP contribution in [0.1, 0.15) is 17.5 Å². The van der Waals surface area contributed by atoms with Crippen LogP contribution < -0.4 is 15.5 Å².